The lowest BCUT2D eigenvalue weighted by Gasteiger charge is -2.66. The number of aliphatic hydroxyl groups is 5. The fraction of sp³-hybridized carbons (Fsp3) is 0.900. The van der Waals surface area contributed by atoms with Gasteiger partial charge in [0.1, 0.15) is 11.7 Å². The van der Waals surface area contributed by atoms with Crippen molar-refractivity contribution >= 4 is 0 Å². The van der Waals surface area contributed by atoms with Crippen LogP contribution in [0.1, 0.15) is 60.3 Å². The summed E-state index contributed by atoms with van der Waals surface area (Å²) >= 11 is 0. The summed E-state index contributed by atoms with van der Waals surface area (Å²) in [6.45, 7) is 9.72. The van der Waals surface area contributed by atoms with Gasteiger partial charge in [0, 0.05) is 17.8 Å². The molecule has 2 fully saturated rings. The molecule has 5 heteroatoms. The maximum atomic E-state index is 11.7. The van der Waals surface area contributed by atoms with E-state index in [0.717, 1.165) is 12.8 Å². The van der Waals surface area contributed by atoms with Crippen LogP contribution in [0.2, 0.25) is 0 Å². The van der Waals surface area contributed by atoms with E-state index in [-0.39, 0.29) is 29.2 Å². The first-order chi connectivity index (χ1) is 11.3. The molecule has 3 aliphatic rings. The Labute approximate surface area is 150 Å². The average Bonchev–Trinajstić information content (AvgIpc) is 2.47. The molecule has 0 bridgehead atoms. The van der Waals surface area contributed by atoms with Crippen molar-refractivity contribution in [2.75, 3.05) is 0 Å². The van der Waals surface area contributed by atoms with Gasteiger partial charge < -0.3 is 25.5 Å². The first-order valence-corrected chi connectivity index (χ1v) is 9.53. The van der Waals surface area contributed by atoms with Crippen LogP contribution in [-0.2, 0) is 0 Å². The number of rotatable bonds is 1. The predicted molar refractivity (Wildman–Crippen MR) is 94.7 cm³/mol. The predicted octanol–water partition coefficient (Wildman–Crippen LogP) is 1.36. The second-order valence-electron chi connectivity index (χ2n) is 9.90. The van der Waals surface area contributed by atoms with Gasteiger partial charge in [-0.25, -0.2) is 0 Å². The molecule has 0 aromatic carbocycles. The number of hydrogen-bond acceptors (Lipinski definition) is 5. The molecule has 2 saturated carbocycles. The molecule has 0 amide bonds. The van der Waals surface area contributed by atoms with Crippen LogP contribution in [0.5, 0.6) is 0 Å². The SMILES string of the molecule is CC(C)[C@]1(O)C=C2[C@H](O)[C@@H](O)[C@H]3C(C)(C)CCC[C@]3(C)[C@@]2(O)[C@H](O)C1. The van der Waals surface area contributed by atoms with Crippen molar-refractivity contribution in [1.29, 1.82) is 0 Å². The summed E-state index contributed by atoms with van der Waals surface area (Å²) in [5.74, 6) is -0.525. The van der Waals surface area contributed by atoms with Crippen molar-refractivity contribution in [3.05, 3.63) is 11.6 Å². The van der Waals surface area contributed by atoms with Crippen molar-refractivity contribution in [3.63, 3.8) is 0 Å². The fourth-order valence-corrected chi connectivity index (χ4v) is 6.23. The van der Waals surface area contributed by atoms with Gasteiger partial charge in [0.2, 0.25) is 0 Å². The number of fused-ring (bicyclic) bond motifs is 3. The summed E-state index contributed by atoms with van der Waals surface area (Å²) in [4.78, 5) is 0. The normalized spacial score (nSPS) is 52.4. The van der Waals surface area contributed by atoms with Gasteiger partial charge in [0.05, 0.1) is 17.8 Å². The van der Waals surface area contributed by atoms with Crippen LogP contribution in [0.25, 0.3) is 0 Å². The van der Waals surface area contributed by atoms with Gasteiger partial charge in [-0.15, -0.1) is 0 Å². The van der Waals surface area contributed by atoms with Gasteiger partial charge in [-0.05, 0) is 35.8 Å². The zero-order valence-corrected chi connectivity index (χ0v) is 16.0. The Balaban J connectivity index is 2.22. The van der Waals surface area contributed by atoms with Crippen LogP contribution in [0, 0.1) is 22.7 Å². The molecule has 3 rings (SSSR count). The molecule has 7 atom stereocenters. The molecule has 144 valence electrons. The molecule has 0 aliphatic heterocycles. The van der Waals surface area contributed by atoms with Crippen LogP contribution in [0.3, 0.4) is 0 Å². The maximum absolute atomic E-state index is 11.7. The summed E-state index contributed by atoms with van der Waals surface area (Å²) < 4.78 is 0. The lowest BCUT2D eigenvalue weighted by molar-refractivity contribution is -0.258. The molecule has 0 unspecified atom stereocenters. The summed E-state index contributed by atoms with van der Waals surface area (Å²) in [6.07, 6.45) is 0.475. The largest absolute Gasteiger partial charge is 0.390 e. The number of hydrogen-bond donors (Lipinski definition) is 5. The van der Waals surface area contributed by atoms with E-state index < -0.39 is 34.9 Å². The van der Waals surface area contributed by atoms with Gasteiger partial charge in [-0.1, -0.05) is 41.0 Å². The van der Waals surface area contributed by atoms with Gasteiger partial charge >= 0.3 is 0 Å². The van der Waals surface area contributed by atoms with E-state index in [4.69, 9.17) is 0 Å². The third-order valence-corrected chi connectivity index (χ3v) is 7.75. The Morgan fingerprint density at radius 2 is 1.64 bits per heavy atom. The van der Waals surface area contributed by atoms with Crippen LogP contribution in [0.15, 0.2) is 11.6 Å². The fourth-order valence-electron chi connectivity index (χ4n) is 6.23. The van der Waals surface area contributed by atoms with Crippen molar-refractivity contribution < 1.29 is 25.5 Å². The molecule has 0 aromatic heterocycles. The van der Waals surface area contributed by atoms with E-state index in [1.807, 2.05) is 20.8 Å². The Hall–Kier alpha value is -0.460. The molecule has 0 radical (unpaired) electrons. The maximum Gasteiger partial charge on any atom is 0.120 e. The first kappa shape index (κ1) is 19.3. The second kappa shape index (κ2) is 5.52. The lowest BCUT2D eigenvalue weighted by atomic mass is 9.42. The number of aliphatic hydroxyl groups excluding tert-OH is 3. The highest BCUT2D eigenvalue weighted by Gasteiger charge is 2.70. The van der Waals surface area contributed by atoms with Crippen molar-refractivity contribution in [1.82, 2.24) is 0 Å². The minimum absolute atomic E-state index is 0.0240. The van der Waals surface area contributed by atoms with E-state index in [0.29, 0.717) is 6.42 Å². The van der Waals surface area contributed by atoms with Gasteiger partial charge in [-0.2, -0.15) is 0 Å². The van der Waals surface area contributed by atoms with Gasteiger partial charge in [0.15, 0.2) is 0 Å². The summed E-state index contributed by atoms with van der Waals surface area (Å²) in [7, 11) is 0. The quantitative estimate of drug-likeness (QED) is 0.458. The molecule has 0 spiro atoms. The monoisotopic (exact) mass is 354 g/mol. The third kappa shape index (κ3) is 2.32. The molecular weight excluding hydrogens is 320 g/mol. The molecule has 0 heterocycles. The third-order valence-electron chi connectivity index (χ3n) is 7.75. The highest BCUT2D eigenvalue weighted by molar-refractivity contribution is 5.40. The zero-order chi connectivity index (χ0) is 19.0. The minimum Gasteiger partial charge on any atom is -0.390 e. The van der Waals surface area contributed by atoms with Crippen LogP contribution in [0.4, 0.5) is 0 Å². The van der Waals surface area contributed by atoms with E-state index in [1.54, 1.807) is 0 Å². The second-order valence-corrected chi connectivity index (χ2v) is 9.90. The Morgan fingerprint density at radius 3 is 2.20 bits per heavy atom. The molecule has 5 nitrogen and oxygen atoms in total. The molecule has 0 saturated heterocycles. The lowest BCUT2D eigenvalue weighted by Crippen LogP contribution is -2.74. The van der Waals surface area contributed by atoms with Crippen molar-refractivity contribution in [3.8, 4) is 0 Å². The zero-order valence-electron chi connectivity index (χ0n) is 16.0. The van der Waals surface area contributed by atoms with Crippen molar-refractivity contribution in [2.45, 2.75) is 89.8 Å². The summed E-state index contributed by atoms with van der Waals surface area (Å²) in [5, 5.41) is 55.5. The van der Waals surface area contributed by atoms with E-state index in [2.05, 4.69) is 13.8 Å². The van der Waals surface area contributed by atoms with E-state index in [1.165, 1.54) is 6.08 Å². The molecule has 0 aromatic rings. The Bertz CT molecular complexity index is 585. The van der Waals surface area contributed by atoms with Crippen molar-refractivity contribution in [2.24, 2.45) is 22.7 Å². The highest BCUT2D eigenvalue weighted by atomic mass is 16.4. The minimum atomic E-state index is -1.64. The molecule has 25 heavy (non-hydrogen) atoms. The summed E-state index contributed by atoms with van der Waals surface area (Å²) in [5.41, 5.74) is -3.80. The van der Waals surface area contributed by atoms with Gasteiger partial charge in [0.25, 0.3) is 0 Å². The van der Waals surface area contributed by atoms with E-state index in [9.17, 15) is 25.5 Å². The van der Waals surface area contributed by atoms with Gasteiger partial charge in [-0.3, -0.25) is 0 Å². The Kier molecular flexibility index (Phi) is 4.26. The first-order valence-electron chi connectivity index (χ1n) is 9.53. The van der Waals surface area contributed by atoms with Crippen LogP contribution < -0.4 is 0 Å². The summed E-state index contributed by atoms with van der Waals surface area (Å²) in [6, 6.07) is 0. The van der Waals surface area contributed by atoms with Crippen LogP contribution >= 0.6 is 0 Å². The molecule has 3 aliphatic carbocycles. The highest BCUT2D eigenvalue weighted by Crippen LogP contribution is 2.65. The van der Waals surface area contributed by atoms with E-state index >= 15 is 0 Å². The van der Waals surface area contributed by atoms with Crippen LogP contribution in [-0.4, -0.2) is 55.0 Å². The standard InChI is InChI=1S/C20H34O5/c1-11(2)19(24)9-12-14(22)15(23)16-17(3,4)7-6-8-18(16,5)20(12,25)13(21)10-19/h9,11,13-16,21-25H,6-8,10H2,1-5H3/t13-,14+,15-,16+,18+,19+,20+/m1/s1. The molecular formula is C20H34O5. The smallest absolute Gasteiger partial charge is 0.120 e. The average molecular weight is 354 g/mol. The Morgan fingerprint density at radius 1 is 1.04 bits per heavy atom. The topological polar surface area (TPSA) is 101 Å². The molecule has 5 N–H and O–H groups in total.